The quantitative estimate of drug-likeness (QED) is 0.642. The molecule has 0 aliphatic heterocycles. The van der Waals surface area contributed by atoms with Crippen molar-refractivity contribution < 1.29 is 23.9 Å². The van der Waals surface area contributed by atoms with Gasteiger partial charge in [0.1, 0.15) is 17.9 Å². The van der Waals surface area contributed by atoms with Crippen LogP contribution < -0.4 is 16.0 Å². The van der Waals surface area contributed by atoms with Gasteiger partial charge in [-0.15, -0.1) is 0 Å². The summed E-state index contributed by atoms with van der Waals surface area (Å²) in [5.41, 5.74) is 0.830. The number of carbonyl (C=O) groups excluding carboxylic acids is 4. The van der Waals surface area contributed by atoms with Gasteiger partial charge in [0, 0.05) is 25.1 Å². The number of ether oxygens (including phenoxy) is 1. The topological polar surface area (TPSA) is 114 Å². The number of benzene rings is 1. The second kappa shape index (κ2) is 10.3. The van der Waals surface area contributed by atoms with E-state index in [0.29, 0.717) is 5.69 Å². The van der Waals surface area contributed by atoms with Crippen LogP contribution in [0.5, 0.6) is 0 Å². The van der Waals surface area contributed by atoms with Crippen LogP contribution in [0.25, 0.3) is 0 Å². The Morgan fingerprint density at radius 2 is 1.56 bits per heavy atom. The lowest BCUT2D eigenvalue weighted by Crippen LogP contribution is -2.39. The Kier molecular flexibility index (Phi) is 8.44. The smallest absolute Gasteiger partial charge is 0.408 e. The maximum absolute atomic E-state index is 11.8. The fourth-order valence-electron chi connectivity index (χ4n) is 1.95. The molecule has 0 bridgehead atoms. The van der Waals surface area contributed by atoms with Gasteiger partial charge in [-0.3, -0.25) is 9.59 Å². The highest BCUT2D eigenvalue weighted by Gasteiger charge is 2.16. The van der Waals surface area contributed by atoms with Crippen LogP contribution in [0.15, 0.2) is 24.3 Å². The molecule has 27 heavy (non-hydrogen) atoms. The van der Waals surface area contributed by atoms with E-state index in [0.717, 1.165) is 5.56 Å². The van der Waals surface area contributed by atoms with Gasteiger partial charge in [-0.2, -0.15) is 0 Å². The highest BCUT2D eigenvalue weighted by molar-refractivity contribution is 5.93. The molecular formula is C19H27N3O5. The van der Waals surface area contributed by atoms with Crippen molar-refractivity contribution >= 4 is 29.4 Å². The van der Waals surface area contributed by atoms with E-state index in [1.54, 1.807) is 45.0 Å². The SMILES string of the molecule is CC(=O)CCC(=O)Nc1ccc(CNC(=O)CNC(=O)OC(C)(C)C)cc1. The van der Waals surface area contributed by atoms with Crippen molar-refractivity contribution in [3.8, 4) is 0 Å². The molecule has 0 aromatic heterocycles. The zero-order valence-corrected chi connectivity index (χ0v) is 16.2. The Morgan fingerprint density at radius 1 is 0.926 bits per heavy atom. The highest BCUT2D eigenvalue weighted by Crippen LogP contribution is 2.10. The standard InChI is InChI=1S/C19H27N3O5/c1-13(23)5-10-16(24)22-15-8-6-14(7-9-15)11-20-17(25)12-21-18(26)27-19(2,3)4/h6-9H,5,10-12H2,1-4H3,(H,20,25)(H,21,26)(H,22,24). The van der Waals surface area contributed by atoms with Gasteiger partial charge >= 0.3 is 6.09 Å². The van der Waals surface area contributed by atoms with Gasteiger partial charge in [-0.05, 0) is 45.4 Å². The van der Waals surface area contributed by atoms with Crippen LogP contribution in [-0.4, -0.2) is 35.8 Å². The molecule has 8 heteroatoms. The number of alkyl carbamates (subject to hydrolysis) is 1. The minimum atomic E-state index is -0.650. The molecule has 3 N–H and O–H groups in total. The van der Waals surface area contributed by atoms with Crippen molar-refractivity contribution in [2.24, 2.45) is 0 Å². The van der Waals surface area contributed by atoms with Gasteiger partial charge in [0.25, 0.3) is 0 Å². The van der Waals surface area contributed by atoms with Crippen molar-refractivity contribution in [1.29, 1.82) is 0 Å². The van der Waals surface area contributed by atoms with E-state index >= 15 is 0 Å². The average Bonchev–Trinajstić information content (AvgIpc) is 2.56. The third kappa shape index (κ3) is 10.6. The van der Waals surface area contributed by atoms with Crippen molar-refractivity contribution in [1.82, 2.24) is 10.6 Å². The van der Waals surface area contributed by atoms with Crippen LogP contribution in [0.2, 0.25) is 0 Å². The number of hydrogen-bond donors (Lipinski definition) is 3. The molecule has 0 heterocycles. The van der Waals surface area contributed by atoms with Crippen molar-refractivity contribution in [2.75, 3.05) is 11.9 Å². The number of nitrogens with one attached hydrogen (secondary N) is 3. The van der Waals surface area contributed by atoms with E-state index < -0.39 is 11.7 Å². The molecule has 1 rings (SSSR count). The molecule has 0 unspecified atom stereocenters. The fraction of sp³-hybridized carbons (Fsp3) is 0.474. The predicted octanol–water partition coefficient (Wildman–Crippen LogP) is 2.14. The van der Waals surface area contributed by atoms with Gasteiger partial charge < -0.3 is 25.5 Å². The number of ketones is 1. The van der Waals surface area contributed by atoms with E-state index in [-0.39, 0.29) is 43.5 Å². The average molecular weight is 377 g/mol. The normalized spacial score (nSPS) is 10.7. The summed E-state index contributed by atoms with van der Waals surface area (Å²) in [7, 11) is 0. The number of Topliss-reactive ketones (excluding diaryl/α,β-unsaturated/α-hetero) is 1. The molecule has 1 aromatic carbocycles. The maximum Gasteiger partial charge on any atom is 0.408 e. The molecule has 0 aliphatic rings. The number of carbonyl (C=O) groups is 4. The van der Waals surface area contributed by atoms with E-state index in [1.165, 1.54) is 6.92 Å². The van der Waals surface area contributed by atoms with Crippen molar-refractivity contribution in [3.63, 3.8) is 0 Å². The van der Waals surface area contributed by atoms with E-state index in [4.69, 9.17) is 4.74 Å². The monoisotopic (exact) mass is 377 g/mol. The van der Waals surface area contributed by atoms with Crippen LogP contribution in [0.3, 0.4) is 0 Å². The molecular weight excluding hydrogens is 350 g/mol. The third-order valence-corrected chi connectivity index (χ3v) is 3.22. The summed E-state index contributed by atoms with van der Waals surface area (Å²) in [4.78, 5) is 45.8. The lowest BCUT2D eigenvalue weighted by atomic mass is 10.2. The minimum Gasteiger partial charge on any atom is -0.444 e. The second-order valence-corrected chi connectivity index (χ2v) is 7.08. The number of hydrogen-bond acceptors (Lipinski definition) is 5. The van der Waals surface area contributed by atoms with Crippen LogP contribution in [0, 0.1) is 0 Å². The molecule has 0 radical (unpaired) electrons. The summed E-state index contributed by atoms with van der Waals surface area (Å²) in [6.45, 7) is 6.76. The largest absolute Gasteiger partial charge is 0.444 e. The molecule has 0 atom stereocenters. The maximum atomic E-state index is 11.8. The first-order valence-electron chi connectivity index (χ1n) is 8.67. The Morgan fingerprint density at radius 3 is 2.11 bits per heavy atom. The lowest BCUT2D eigenvalue weighted by Gasteiger charge is -2.19. The van der Waals surface area contributed by atoms with Crippen LogP contribution in [0.1, 0.15) is 46.1 Å². The Bertz CT molecular complexity index is 678. The molecule has 0 saturated heterocycles. The van der Waals surface area contributed by atoms with E-state index in [9.17, 15) is 19.2 Å². The molecule has 0 fully saturated rings. The van der Waals surface area contributed by atoms with Gasteiger partial charge in [-0.25, -0.2) is 4.79 Å². The fourth-order valence-corrected chi connectivity index (χ4v) is 1.95. The minimum absolute atomic E-state index is 0.0302. The summed E-state index contributed by atoms with van der Waals surface area (Å²) in [5.74, 6) is -0.598. The molecule has 1 aromatic rings. The number of anilines is 1. The zero-order valence-electron chi connectivity index (χ0n) is 16.2. The van der Waals surface area contributed by atoms with E-state index in [2.05, 4.69) is 16.0 Å². The second-order valence-electron chi connectivity index (χ2n) is 7.08. The molecule has 0 saturated carbocycles. The first-order valence-corrected chi connectivity index (χ1v) is 8.67. The summed E-state index contributed by atoms with van der Waals surface area (Å²) >= 11 is 0. The molecule has 8 nitrogen and oxygen atoms in total. The first kappa shape index (κ1) is 22.1. The molecule has 0 spiro atoms. The Hall–Kier alpha value is -2.90. The van der Waals surface area contributed by atoms with Crippen LogP contribution >= 0.6 is 0 Å². The van der Waals surface area contributed by atoms with Crippen LogP contribution in [-0.2, 0) is 25.7 Å². The van der Waals surface area contributed by atoms with Crippen molar-refractivity contribution in [2.45, 2.75) is 52.7 Å². The summed E-state index contributed by atoms with van der Waals surface area (Å²) in [5, 5.41) is 7.76. The number of amides is 3. The summed E-state index contributed by atoms with van der Waals surface area (Å²) < 4.78 is 5.04. The lowest BCUT2D eigenvalue weighted by molar-refractivity contribution is -0.121. The molecule has 0 aliphatic carbocycles. The molecule has 148 valence electrons. The predicted molar refractivity (Wildman–Crippen MR) is 101 cm³/mol. The Balaban J connectivity index is 2.34. The van der Waals surface area contributed by atoms with Gasteiger partial charge in [0.15, 0.2) is 0 Å². The number of rotatable bonds is 8. The van der Waals surface area contributed by atoms with Crippen LogP contribution in [0.4, 0.5) is 10.5 Å². The Labute approximate surface area is 159 Å². The molecule has 3 amide bonds. The van der Waals surface area contributed by atoms with Gasteiger partial charge in [-0.1, -0.05) is 12.1 Å². The van der Waals surface area contributed by atoms with Gasteiger partial charge in [0.05, 0.1) is 0 Å². The van der Waals surface area contributed by atoms with E-state index in [1.807, 2.05) is 0 Å². The van der Waals surface area contributed by atoms with Gasteiger partial charge in [0.2, 0.25) is 11.8 Å². The summed E-state index contributed by atoms with van der Waals surface area (Å²) in [6, 6.07) is 6.96. The summed E-state index contributed by atoms with van der Waals surface area (Å²) in [6.07, 6.45) is -0.284. The first-order chi connectivity index (χ1) is 12.5. The van der Waals surface area contributed by atoms with Crippen molar-refractivity contribution in [3.05, 3.63) is 29.8 Å². The zero-order chi connectivity index (χ0) is 20.4. The highest BCUT2D eigenvalue weighted by atomic mass is 16.6. The third-order valence-electron chi connectivity index (χ3n) is 3.22.